The van der Waals surface area contributed by atoms with Crippen molar-refractivity contribution in [2.45, 2.75) is 51.4 Å². The second kappa shape index (κ2) is 8.71. The minimum absolute atomic E-state index is 0.326. The van der Waals surface area contributed by atoms with E-state index in [-0.39, 0.29) is 5.91 Å². The zero-order valence-electron chi connectivity index (χ0n) is 12.7. The molecule has 1 unspecified atom stereocenters. The summed E-state index contributed by atoms with van der Waals surface area (Å²) in [6.07, 6.45) is 4.04. The number of carboxylic acid groups (broad SMARTS) is 1. The Morgan fingerprint density at radius 3 is 2.62 bits per heavy atom. The lowest BCUT2D eigenvalue weighted by Gasteiger charge is -2.13. The lowest BCUT2D eigenvalue weighted by atomic mass is 10.2. The number of thioether (sulfide) groups is 1. The van der Waals surface area contributed by atoms with Gasteiger partial charge in [-0.3, -0.25) is 9.48 Å². The van der Waals surface area contributed by atoms with Gasteiger partial charge in [0.25, 0.3) is 0 Å². The molecule has 0 aromatic carbocycles. The molecular weight excluding hydrogens is 290 g/mol. The highest BCUT2D eigenvalue weighted by atomic mass is 32.2. The van der Waals surface area contributed by atoms with Gasteiger partial charge in [-0.25, -0.2) is 4.79 Å². The number of carbonyl (C=O) groups excluding carboxylic acids is 1. The SMILES string of the molecule is CCC(CC)n1ccc(CSCC(NC(C)=O)C(=O)O)n1. The first kappa shape index (κ1) is 17.6. The molecule has 0 saturated carbocycles. The molecule has 0 bridgehead atoms. The van der Waals surface area contributed by atoms with Crippen LogP contribution in [0, 0.1) is 0 Å². The molecule has 1 rings (SSSR count). The van der Waals surface area contributed by atoms with Gasteiger partial charge in [-0.1, -0.05) is 13.8 Å². The number of hydrogen-bond acceptors (Lipinski definition) is 4. The van der Waals surface area contributed by atoms with Gasteiger partial charge in [-0.2, -0.15) is 16.9 Å². The Bertz CT molecular complexity index is 472. The fraction of sp³-hybridized carbons (Fsp3) is 0.643. The summed E-state index contributed by atoms with van der Waals surface area (Å²) in [6.45, 7) is 5.59. The van der Waals surface area contributed by atoms with Crippen molar-refractivity contribution in [1.82, 2.24) is 15.1 Å². The van der Waals surface area contributed by atoms with Crippen molar-refractivity contribution < 1.29 is 14.7 Å². The molecule has 1 aromatic rings. The predicted octanol–water partition coefficient (Wildman–Crippen LogP) is 2.07. The smallest absolute Gasteiger partial charge is 0.327 e. The molecule has 1 heterocycles. The maximum atomic E-state index is 11.0. The Balaban J connectivity index is 2.48. The van der Waals surface area contributed by atoms with Gasteiger partial charge >= 0.3 is 5.97 Å². The van der Waals surface area contributed by atoms with Crippen molar-refractivity contribution in [1.29, 1.82) is 0 Å². The van der Waals surface area contributed by atoms with E-state index in [0.717, 1.165) is 18.5 Å². The second-order valence-electron chi connectivity index (χ2n) is 4.86. The van der Waals surface area contributed by atoms with Gasteiger partial charge in [0, 0.05) is 24.6 Å². The van der Waals surface area contributed by atoms with E-state index in [9.17, 15) is 9.59 Å². The van der Waals surface area contributed by atoms with Crippen molar-refractivity contribution in [2.24, 2.45) is 0 Å². The normalized spacial score (nSPS) is 12.4. The van der Waals surface area contributed by atoms with E-state index in [1.54, 1.807) is 0 Å². The Hall–Kier alpha value is -1.50. The van der Waals surface area contributed by atoms with E-state index in [0.29, 0.717) is 17.5 Å². The molecule has 7 heteroatoms. The Morgan fingerprint density at radius 2 is 2.10 bits per heavy atom. The van der Waals surface area contributed by atoms with Crippen LogP contribution in [0.2, 0.25) is 0 Å². The summed E-state index contributed by atoms with van der Waals surface area (Å²) in [5.41, 5.74) is 0.930. The molecule has 0 radical (unpaired) electrons. The van der Waals surface area contributed by atoms with Gasteiger partial charge in [0.05, 0.1) is 11.7 Å². The fourth-order valence-corrected chi connectivity index (χ4v) is 2.96. The van der Waals surface area contributed by atoms with E-state index in [1.807, 2.05) is 16.9 Å². The summed E-state index contributed by atoms with van der Waals surface area (Å²) < 4.78 is 1.97. The highest BCUT2D eigenvalue weighted by Gasteiger charge is 2.18. The van der Waals surface area contributed by atoms with E-state index >= 15 is 0 Å². The molecule has 0 aliphatic heterocycles. The average molecular weight is 313 g/mol. The summed E-state index contributed by atoms with van der Waals surface area (Å²) in [7, 11) is 0. The number of hydrogen-bond donors (Lipinski definition) is 2. The van der Waals surface area contributed by atoms with Gasteiger partial charge in [0.1, 0.15) is 6.04 Å². The van der Waals surface area contributed by atoms with Gasteiger partial charge in [-0.15, -0.1) is 0 Å². The van der Waals surface area contributed by atoms with Crippen LogP contribution in [0.1, 0.15) is 45.3 Å². The average Bonchev–Trinajstić information content (AvgIpc) is 2.87. The van der Waals surface area contributed by atoms with Gasteiger partial charge in [-0.05, 0) is 18.9 Å². The number of aromatic nitrogens is 2. The van der Waals surface area contributed by atoms with Crippen molar-refractivity contribution >= 4 is 23.6 Å². The monoisotopic (exact) mass is 313 g/mol. The molecule has 1 aromatic heterocycles. The Morgan fingerprint density at radius 1 is 1.43 bits per heavy atom. The molecule has 21 heavy (non-hydrogen) atoms. The van der Waals surface area contributed by atoms with Crippen LogP contribution in [0.15, 0.2) is 12.3 Å². The Labute approximate surface area is 129 Å². The van der Waals surface area contributed by atoms with Crippen LogP contribution < -0.4 is 5.32 Å². The number of carboxylic acids is 1. The van der Waals surface area contributed by atoms with Crippen LogP contribution in [0.25, 0.3) is 0 Å². The van der Waals surface area contributed by atoms with Gasteiger partial charge < -0.3 is 10.4 Å². The van der Waals surface area contributed by atoms with Crippen LogP contribution in [0.4, 0.5) is 0 Å². The Kier molecular flexibility index (Phi) is 7.28. The first-order valence-electron chi connectivity index (χ1n) is 7.09. The zero-order valence-corrected chi connectivity index (χ0v) is 13.5. The standard InChI is InChI=1S/C14H23N3O3S/c1-4-12(5-2)17-7-6-11(16-17)8-21-9-13(14(19)20)15-10(3)18/h6-7,12-13H,4-5,8-9H2,1-3H3,(H,15,18)(H,19,20). The highest BCUT2D eigenvalue weighted by molar-refractivity contribution is 7.98. The molecule has 0 aliphatic carbocycles. The number of nitrogens with one attached hydrogen (secondary N) is 1. The summed E-state index contributed by atoms with van der Waals surface area (Å²) in [5.74, 6) is -0.384. The number of carbonyl (C=O) groups is 2. The number of rotatable bonds is 9. The van der Waals surface area contributed by atoms with Crippen LogP contribution in [-0.2, 0) is 15.3 Å². The topological polar surface area (TPSA) is 84.2 Å². The number of amides is 1. The second-order valence-corrected chi connectivity index (χ2v) is 5.89. The minimum Gasteiger partial charge on any atom is -0.480 e. The molecular formula is C14H23N3O3S. The van der Waals surface area contributed by atoms with E-state index in [2.05, 4.69) is 24.3 Å². The number of aliphatic carboxylic acids is 1. The van der Waals surface area contributed by atoms with E-state index in [1.165, 1.54) is 18.7 Å². The maximum Gasteiger partial charge on any atom is 0.327 e. The van der Waals surface area contributed by atoms with E-state index < -0.39 is 12.0 Å². The molecule has 0 aliphatic rings. The molecule has 0 fully saturated rings. The van der Waals surface area contributed by atoms with Gasteiger partial charge in [0.2, 0.25) is 5.91 Å². The first-order valence-corrected chi connectivity index (χ1v) is 8.25. The summed E-state index contributed by atoms with van der Waals surface area (Å²) >= 11 is 1.45. The van der Waals surface area contributed by atoms with Crippen molar-refractivity contribution in [2.75, 3.05) is 5.75 Å². The van der Waals surface area contributed by atoms with Crippen LogP contribution in [0.5, 0.6) is 0 Å². The quantitative estimate of drug-likeness (QED) is 0.729. The summed E-state index contributed by atoms with van der Waals surface area (Å²) in [6, 6.07) is 1.52. The summed E-state index contributed by atoms with van der Waals surface area (Å²) in [5, 5.41) is 16.0. The minimum atomic E-state index is -1.01. The fourth-order valence-electron chi connectivity index (χ4n) is 2.02. The van der Waals surface area contributed by atoms with Crippen molar-refractivity contribution in [3.63, 3.8) is 0 Å². The van der Waals surface area contributed by atoms with Crippen LogP contribution >= 0.6 is 11.8 Å². The third-order valence-corrected chi connectivity index (χ3v) is 4.26. The lowest BCUT2D eigenvalue weighted by molar-refractivity contribution is -0.140. The molecule has 118 valence electrons. The first-order chi connectivity index (χ1) is 9.97. The van der Waals surface area contributed by atoms with Crippen molar-refractivity contribution in [3.05, 3.63) is 18.0 Å². The third-order valence-electron chi connectivity index (χ3n) is 3.19. The van der Waals surface area contributed by atoms with Gasteiger partial charge in [0.15, 0.2) is 0 Å². The maximum absolute atomic E-state index is 11.0. The molecule has 0 saturated heterocycles. The van der Waals surface area contributed by atoms with Crippen LogP contribution in [0.3, 0.4) is 0 Å². The predicted molar refractivity (Wildman–Crippen MR) is 83.2 cm³/mol. The number of nitrogens with zero attached hydrogens (tertiary/aromatic N) is 2. The summed E-state index contributed by atoms with van der Waals surface area (Å²) in [4.78, 5) is 21.9. The molecule has 1 atom stereocenters. The third kappa shape index (κ3) is 5.79. The van der Waals surface area contributed by atoms with E-state index in [4.69, 9.17) is 5.11 Å². The molecule has 6 nitrogen and oxygen atoms in total. The molecule has 0 spiro atoms. The lowest BCUT2D eigenvalue weighted by Crippen LogP contribution is -2.41. The molecule has 1 amide bonds. The van der Waals surface area contributed by atoms with Crippen LogP contribution in [-0.4, -0.2) is 38.6 Å². The molecule has 2 N–H and O–H groups in total. The zero-order chi connectivity index (χ0) is 15.8. The largest absolute Gasteiger partial charge is 0.480 e. The van der Waals surface area contributed by atoms with Crippen molar-refractivity contribution in [3.8, 4) is 0 Å². The highest BCUT2D eigenvalue weighted by Crippen LogP contribution is 2.17.